The molecule has 0 saturated carbocycles. The van der Waals surface area contributed by atoms with Gasteiger partial charge in [-0.3, -0.25) is 4.98 Å². The second-order valence-electron chi connectivity index (χ2n) is 5.85. The number of pyridine rings is 1. The van der Waals surface area contributed by atoms with Crippen LogP contribution in [-0.4, -0.2) is 29.8 Å². The second-order valence-corrected chi connectivity index (χ2v) is 5.85. The fourth-order valence-electron chi connectivity index (χ4n) is 2.00. The molecule has 0 spiro atoms. The van der Waals surface area contributed by atoms with E-state index in [1.54, 1.807) is 24.5 Å². The van der Waals surface area contributed by atoms with Crippen LogP contribution >= 0.6 is 0 Å². The largest absolute Gasteiger partial charge is 0.525 e. The van der Waals surface area contributed by atoms with Gasteiger partial charge in [0.15, 0.2) is 0 Å². The van der Waals surface area contributed by atoms with Gasteiger partial charge in [0, 0.05) is 24.5 Å². The molecular weight excluding hydrogens is 258 g/mol. The molecule has 0 unspecified atom stereocenters. The van der Waals surface area contributed by atoms with Gasteiger partial charge in [-0.15, -0.1) is 0 Å². The fraction of sp³-hybridized carbons (Fsp3) is 0.500. The van der Waals surface area contributed by atoms with Gasteiger partial charge in [0.25, 0.3) is 0 Å². The minimum Gasteiger partial charge on any atom is -0.398 e. The predicted octanol–water partition coefficient (Wildman–Crippen LogP) is 2.35. The van der Waals surface area contributed by atoms with Gasteiger partial charge in [-0.1, -0.05) is 0 Å². The molecule has 1 aliphatic heterocycles. The van der Waals surface area contributed by atoms with E-state index in [9.17, 15) is 4.39 Å². The average molecular weight is 278 g/mol. The molecule has 1 aromatic heterocycles. The molecule has 2 rings (SSSR count). The van der Waals surface area contributed by atoms with Crippen molar-refractivity contribution in [2.75, 3.05) is 6.54 Å². The lowest BCUT2D eigenvalue weighted by atomic mass is 9.83. The summed E-state index contributed by atoms with van der Waals surface area (Å²) in [5.74, 6) is 0. The maximum absolute atomic E-state index is 14.7. The highest BCUT2D eigenvalue weighted by molar-refractivity contribution is 6.55. The lowest BCUT2D eigenvalue weighted by molar-refractivity contribution is 0.00578. The number of rotatable bonds is 3. The van der Waals surface area contributed by atoms with Crippen LogP contribution in [0.4, 0.5) is 4.39 Å². The van der Waals surface area contributed by atoms with E-state index in [1.807, 2.05) is 27.7 Å². The zero-order valence-electron chi connectivity index (χ0n) is 12.3. The molecular formula is C14H20BFN2O2. The van der Waals surface area contributed by atoms with Crippen molar-refractivity contribution in [2.45, 2.75) is 38.9 Å². The zero-order chi connectivity index (χ0) is 15.0. The van der Waals surface area contributed by atoms with Crippen molar-refractivity contribution >= 4 is 12.7 Å². The molecule has 1 aromatic rings. The van der Waals surface area contributed by atoms with Crippen LogP contribution in [0.5, 0.6) is 0 Å². The van der Waals surface area contributed by atoms with Gasteiger partial charge in [0.2, 0.25) is 0 Å². The first kappa shape index (κ1) is 15.2. The zero-order valence-corrected chi connectivity index (χ0v) is 12.3. The molecule has 0 radical (unpaired) electrons. The Morgan fingerprint density at radius 3 is 2.15 bits per heavy atom. The summed E-state index contributed by atoms with van der Waals surface area (Å²) in [5.41, 5.74) is 5.12. The van der Waals surface area contributed by atoms with Gasteiger partial charge in [-0.25, -0.2) is 4.39 Å². The highest BCUT2D eigenvalue weighted by Crippen LogP contribution is 2.40. The molecule has 1 aliphatic rings. The Labute approximate surface area is 119 Å². The smallest absolute Gasteiger partial charge is 0.398 e. The standard InChI is InChI=1S/C14H20BFN2O2/c1-13(2)14(3,4)20-15(19-13)12(16)11(9-17)10-5-7-18-8-6-10/h5-8H,9,17H2,1-4H3. The van der Waals surface area contributed by atoms with Gasteiger partial charge < -0.3 is 15.0 Å². The van der Waals surface area contributed by atoms with Crippen molar-refractivity contribution in [3.05, 3.63) is 35.8 Å². The van der Waals surface area contributed by atoms with Crippen molar-refractivity contribution in [3.63, 3.8) is 0 Å². The Hall–Kier alpha value is -1.24. The summed E-state index contributed by atoms with van der Waals surface area (Å²) in [6, 6.07) is 3.43. The highest BCUT2D eigenvalue weighted by atomic mass is 19.1. The Kier molecular flexibility index (Phi) is 4.00. The van der Waals surface area contributed by atoms with Crippen LogP contribution in [-0.2, 0) is 9.31 Å². The average Bonchev–Trinajstić information content (AvgIpc) is 2.60. The number of halogens is 1. The van der Waals surface area contributed by atoms with Crippen LogP contribution in [0.25, 0.3) is 5.57 Å². The topological polar surface area (TPSA) is 57.4 Å². The molecule has 0 atom stereocenters. The van der Waals surface area contributed by atoms with Crippen molar-refractivity contribution in [2.24, 2.45) is 5.73 Å². The maximum atomic E-state index is 14.7. The van der Waals surface area contributed by atoms with Crippen molar-refractivity contribution in [3.8, 4) is 0 Å². The highest BCUT2D eigenvalue weighted by Gasteiger charge is 2.53. The van der Waals surface area contributed by atoms with Gasteiger partial charge in [0.05, 0.1) is 11.2 Å². The van der Waals surface area contributed by atoms with E-state index in [4.69, 9.17) is 15.0 Å². The molecule has 1 saturated heterocycles. The van der Waals surface area contributed by atoms with Gasteiger partial charge in [-0.2, -0.15) is 0 Å². The molecule has 2 N–H and O–H groups in total. The van der Waals surface area contributed by atoms with E-state index < -0.39 is 24.0 Å². The van der Waals surface area contributed by atoms with E-state index in [2.05, 4.69) is 4.98 Å². The van der Waals surface area contributed by atoms with Gasteiger partial charge in [0.1, 0.15) is 5.73 Å². The number of hydrogen-bond donors (Lipinski definition) is 1. The van der Waals surface area contributed by atoms with E-state index in [0.29, 0.717) is 11.1 Å². The van der Waals surface area contributed by atoms with Crippen LogP contribution in [0.3, 0.4) is 0 Å². The minimum absolute atomic E-state index is 0.0694. The number of nitrogens with zero attached hydrogens (tertiary/aromatic N) is 1. The molecule has 1 fully saturated rings. The monoisotopic (exact) mass is 278 g/mol. The number of nitrogens with two attached hydrogens (primary N) is 1. The molecule has 0 aliphatic carbocycles. The Balaban J connectivity index is 2.35. The van der Waals surface area contributed by atoms with Crippen LogP contribution in [0.15, 0.2) is 30.3 Å². The van der Waals surface area contributed by atoms with Crippen molar-refractivity contribution in [1.29, 1.82) is 0 Å². The summed E-state index contributed by atoms with van der Waals surface area (Å²) in [6.07, 6.45) is 3.20. The first-order chi connectivity index (χ1) is 9.28. The van der Waals surface area contributed by atoms with E-state index >= 15 is 0 Å². The van der Waals surface area contributed by atoms with Crippen LogP contribution in [0.2, 0.25) is 0 Å². The van der Waals surface area contributed by atoms with Crippen LogP contribution < -0.4 is 5.73 Å². The van der Waals surface area contributed by atoms with E-state index in [-0.39, 0.29) is 6.54 Å². The summed E-state index contributed by atoms with van der Waals surface area (Å²) in [6.45, 7) is 7.60. The van der Waals surface area contributed by atoms with Crippen LogP contribution in [0, 0.1) is 0 Å². The molecule has 6 heteroatoms. The van der Waals surface area contributed by atoms with Gasteiger partial charge >= 0.3 is 7.12 Å². The summed E-state index contributed by atoms with van der Waals surface area (Å²) < 4.78 is 26.1. The minimum atomic E-state index is -1.02. The predicted molar refractivity (Wildman–Crippen MR) is 77.4 cm³/mol. The first-order valence-corrected chi connectivity index (χ1v) is 6.63. The number of hydrogen-bond acceptors (Lipinski definition) is 4. The second kappa shape index (κ2) is 5.28. The lowest BCUT2D eigenvalue weighted by Crippen LogP contribution is -2.41. The van der Waals surface area contributed by atoms with E-state index in [0.717, 1.165) is 0 Å². The molecule has 20 heavy (non-hydrogen) atoms. The summed E-state index contributed by atoms with van der Waals surface area (Å²) in [7, 11) is -1.02. The Bertz CT molecular complexity index is 501. The third-order valence-electron chi connectivity index (χ3n) is 3.98. The Morgan fingerprint density at radius 1 is 1.20 bits per heavy atom. The van der Waals surface area contributed by atoms with Crippen molar-refractivity contribution in [1.82, 2.24) is 4.98 Å². The van der Waals surface area contributed by atoms with Crippen molar-refractivity contribution < 1.29 is 13.7 Å². The lowest BCUT2D eigenvalue weighted by Gasteiger charge is -2.32. The molecule has 0 aromatic carbocycles. The third kappa shape index (κ3) is 2.64. The normalized spacial score (nSPS) is 21.8. The maximum Gasteiger partial charge on any atom is 0.525 e. The molecule has 0 amide bonds. The molecule has 108 valence electrons. The fourth-order valence-corrected chi connectivity index (χ4v) is 2.00. The molecule has 0 bridgehead atoms. The van der Waals surface area contributed by atoms with Gasteiger partial charge in [-0.05, 0) is 45.4 Å². The first-order valence-electron chi connectivity index (χ1n) is 6.63. The number of aromatic nitrogens is 1. The van der Waals surface area contributed by atoms with E-state index in [1.165, 1.54) is 0 Å². The SMILES string of the molecule is CC1(C)OB(C(F)=C(CN)c2ccncc2)OC1(C)C. The molecule has 2 heterocycles. The Morgan fingerprint density at radius 2 is 1.70 bits per heavy atom. The van der Waals surface area contributed by atoms with Crippen LogP contribution in [0.1, 0.15) is 33.3 Å². The summed E-state index contributed by atoms with van der Waals surface area (Å²) in [4.78, 5) is 3.92. The summed E-state index contributed by atoms with van der Waals surface area (Å²) in [5, 5.41) is 0. The molecule has 4 nitrogen and oxygen atoms in total. The third-order valence-corrected chi connectivity index (χ3v) is 3.98. The quantitative estimate of drug-likeness (QED) is 0.862. The summed E-state index contributed by atoms with van der Waals surface area (Å²) >= 11 is 0.